The van der Waals surface area contributed by atoms with Crippen molar-refractivity contribution in [1.29, 1.82) is 0 Å². The number of hydrogen-bond donors (Lipinski definition) is 0. The molecular weight excluding hydrogens is 266 g/mol. The molecule has 0 nitrogen and oxygen atoms in total. The molecule has 0 amide bonds. The monoisotopic (exact) mass is 288 g/mol. The predicted octanol–water partition coefficient (Wildman–Crippen LogP) is 4.08. The van der Waals surface area contributed by atoms with Crippen molar-refractivity contribution in [1.82, 2.24) is 0 Å². The van der Waals surface area contributed by atoms with E-state index in [0.29, 0.717) is 0 Å². The average Bonchev–Trinajstić information content (AvgIpc) is 2.48. The molecule has 0 bridgehead atoms. The molecule has 2 aromatic carbocycles. The summed E-state index contributed by atoms with van der Waals surface area (Å²) in [6.07, 6.45) is 2.30. The van der Waals surface area contributed by atoms with Crippen LogP contribution in [0.3, 0.4) is 0 Å². The van der Waals surface area contributed by atoms with E-state index in [0.717, 1.165) is 30.0 Å². The minimum Gasteiger partial charge on any atom is -0.0856 e. The van der Waals surface area contributed by atoms with Crippen molar-refractivity contribution < 1.29 is 0 Å². The van der Waals surface area contributed by atoms with Gasteiger partial charge in [-0.3, -0.25) is 0 Å². The van der Waals surface area contributed by atoms with Crippen molar-refractivity contribution in [2.45, 2.75) is 26.7 Å². The Hall–Kier alpha value is -0.700. The molecule has 0 radical (unpaired) electrons. The van der Waals surface area contributed by atoms with Gasteiger partial charge in [0.05, 0.1) is 0 Å². The first kappa shape index (κ1) is 14.7. The van der Waals surface area contributed by atoms with E-state index in [1.54, 1.807) is 10.6 Å². The third-order valence-electron chi connectivity index (χ3n) is 3.35. The van der Waals surface area contributed by atoms with Crippen LogP contribution in [0.25, 0.3) is 0 Å². The van der Waals surface area contributed by atoms with Crippen molar-refractivity contribution in [3.63, 3.8) is 0 Å². The molecule has 2 unspecified atom stereocenters. The van der Waals surface area contributed by atoms with Crippen LogP contribution >= 0.6 is 17.2 Å². The Morgan fingerprint density at radius 3 is 1.53 bits per heavy atom. The Morgan fingerprint density at radius 1 is 0.684 bits per heavy atom. The summed E-state index contributed by atoms with van der Waals surface area (Å²) in [5.74, 6) is 1.30. The molecule has 0 N–H and O–H groups in total. The van der Waals surface area contributed by atoms with Crippen LogP contribution in [0.15, 0.2) is 48.5 Å². The maximum Gasteiger partial charge on any atom is -0.00945 e. The van der Waals surface area contributed by atoms with Crippen LogP contribution in [-0.4, -0.2) is 5.90 Å². The fraction of sp³-hybridized carbons (Fsp3) is 0.294. The van der Waals surface area contributed by atoms with Crippen LogP contribution < -0.4 is 10.6 Å². The fourth-order valence-corrected chi connectivity index (χ4v) is 5.52. The standard InChI is InChI=1S/C17H22P2/c1-3-14-9-5-7-11-16(14)18-13-19-17-12-8-6-10-15(17)4-2/h5-12,18-19H,3-4,13H2,1-2H3. The van der Waals surface area contributed by atoms with Crippen molar-refractivity contribution in [3.8, 4) is 0 Å². The summed E-state index contributed by atoms with van der Waals surface area (Å²) in [5.41, 5.74) is 3.05. The van der Waals surface area contributed by atoms with E-state index in [2.05, 4.69) is 62.4 Å². The van der Waals surface area contributed by atoms with Gasteiger partial charge in [-0.05, 0) is 40.5 Å². The Bertz CT molecular complexity index is 473. The maximum atomic E-state index is 2.30. The third-order valence-corrected chi connectivity index (χ3v) is 6.51. The lowest BCUT2D eigenvalue weighted by Gasteiger charge is -2.10. The normalized spacial score (nSPS) is 11.9. The van der Waals surface area contributed by atoms with Crippen LogP contribution in [0, 0.1) is 0 Å². The van der Waals surface area contributed by atoms with E-state index >= 15 is 0 Å². The van der Waals surface area contributed by atoms with Gasteiger partial charge < -0.3 is 0 Å². The van der Waals surface area contributed by atoms with Gasteiger partial charge >= 0.3 is 0 Å². The second-order valence-electron chi connectivity index (χ2n) is 4.55. The summed E-state index contributed by atoms with van der Waals surface area (Å²) in [6.45, 7) is 4.50. The van der Waals surface area contributed by atoms with E-state index in [9.17, 15) is 0 Å². The Balaban J connectivity index is 1.96. The molecular formula is C17H22P2. The highest BCUT2D eigenvalue weighted by Gasteiger charge is 2.02. The van der Waals surface area contributed by atoms with Crippen LogP contribution in [0.2, 0.25) is 0 Å². The minimum absolute atomic E-state index is 0.946. The molecule has 2 aromatic rings. The molecule has 2 heteroatoms. The molecule has 0 saturated heterocycles. The minimum atomic E-state index is 0.946. The zero-order chi connectivity index (χ0) is 13.5. The third kappa shape index (κ3) is 4.13. The smallest absolute Gasteiger partial charge is 0.00945 e. The van der Waals surface area contributed by atoms with E-state index in [1.807, 2.05) is 0 Å². The first-order valence-corrected chi connectivity index (χ1v) is 9.40. The van der Waals surface area contributed by atoms with Crippen LogP contribution in [0.4, 0.5) is 0 Å². The Morgan fingerprint density at radius 2 is 1.11 bits per heavy atom. The van der Waals surface area contributed by atoms with Crippen molar-refractivity contribution in [2.75, 3.05) is 5.90 Å². The SMILES string of the molecule is CCc1ccccc1PCPc1ccccc1CC. The van der Waals surface area contributed by atoms with E-state index in [1.165, 1.54) is 17.0 Å². The molecule has 0 aliphatic carbocycles. The number of hydrogen-bond acceptors (Lipinski definition) is 0. The lowest BCUT2D eigenvalue weighted by atomic mass is 10.2. The topological polar surface area (TPSA) is 0 Å². The number of aryl methyl sites for hydroxylation is 2. The molecule has 2 rings (SSSR count). The van der Waals surface area contributed by atoms with Crippen LogP contribution in [0.1, 0.15) is 25.0 Å². The quantitative estimate of drug-likeness (QED) is 0.703. The van der Waals surface area contributed by atoms with E-state index in [-0.39, 0.29) is 0 Å². The molecule has 2 atom stereocenters. The van der Waals surface area contributed by atoms with Gasteiger partial charge in [-0.2, -0.15) is 0 Å². The van der Waals surface area contributed by atoms with Gasteiger partial charge in [-0.1, -0.05) is 79.5 Å². The summed E-state index contributed by atoms with van der Waals surface area (Å²) < 4.78 is 0. The second kappa shape index (κ2) is 7.78. The highest BCUT2D eigenvalue weighted by molar-refractivity contribution is 7.64. The summed E-state index contributed by atoms with van der Waals surface area (Å²) in [7, 11) is 1.89. The Labute approximate surface area is 120 Å². The van der Waals surface area contributed by atoms with Gasteiger partial charge in [0, 0.05) is 0 Å². The molecule has 0 fully saturated rings. The maximum absolute atomic E-state index is 2.30. The molecule has 0 aliphatic heterocycles. The molecule has 0 saturated carbocycles. The van der Waals surface area contributed by atoms with E-state index < -0.39 is 0 Å². The summed E-state index contributed by atoms with van der Waals surface area (Å²) in [5, 5.41) is 3.12. The van der Waals surface area contributed by atoms with Crippen molar-refractivity contribution in [2.24, 2.45) is 0 Å². The predicted molar refractivity (Wildman–Crippen MR) is 92.4 cm³/mol. The van der Waals surface area contributed by atoms with Gasteiger partial charge in [0.15, 0.2) is 0 Å². The van der Waals surface area contributed by atoms with Gasteiger partial charge in [0.25, 0.3) is 0 Å². The highest BCUT2D eigenvalue weighted by Crippen LogP contribution is 2.25. The lowest BCUT2D eigenvalue weighted by molar-refractivity contribution is 1.15. The molecule has 100 valence electrons. The first-order chi connectivity index (χ1) is 9.35. The molecule has 0 aromatic heterocycles. The first-order valence-electron chi connectivity index (χ1n) is 6.98. The molecule has 0 aliphatic rings. The van der Waals surface area contributed by atoms with Crippen molar-refractivity contribution >= 4 is 27.8 Å². The zero-order valence-corrected chi connectivity index (χ0v) is 13.7. The molecule has 0 heterocycles. The molecule has 0 spiro atoms. The summed E-state index contributed by atoms with van der Waals surface area (Å²) in [6, 6.07) is 17.8. The summed E-state index contributed by atoms with van der Waals surface area (Å²) in [4.78, 5) is 0. The average molecular weight is 288 g/mol. The highest BCUT2D eigenvalue weighted by atomic mass is 31.1. The lowest BCUT2D eigenvalue weighted by Crippen LogP contribution is -2.05. The number of rotatable bonds is 6. The van der Waals surface area contributed by atoms with Gasteiger partial charge in [0.2, 0.25) is 0 Å². The number of benzene rings is 2. The fourth-order valence-electron chi connectivity index (χ4n) is 2.24. The van der Waals surface area contributed by atoms with Crippen molar-refractivity contribution in [3.05, 3.63) is 59.7 Å². The van der Waals surface area contributed by atoms with Gasteiger partial charge in [-0.15, -0.1) is 0 Å². The zero-order valence-electron chi connectivity index (χ0n) is 11.7. The summed E-state index contributed by atoms with van der Waals surface area (Å²) >= 11 is 0. The largest absolute Gasteiger partial charge is 0.0856 e. The van der Waals surface area contributed by atoms with Crippen LogP contribution in [-0.2, 0) is 12.8 Å². The van der Waals surface area contributed by atoms with Gasteiger partial charge in [-0.25, -0.2) is 0 Å². The van der Waals surface area contributed by atoms with E-state index in [4.69, 9.17) is 0 Å². The molecule has 19 heavy (non-hydrogen) atoms. The Kier molecular flexibility index (Phi) is 6.02. The van der Waals surface area contributed by atoms with Gasteiger partial charge in [0.1, 0.15) is 0 Å². The van der Waals surface area contributed by atoms with Crippen LogP contribution in [0.5, 0.6) is 0 Å². The second-order valence-corrected chi connectivity index (χ2v) is 7.75.